The van der Waals surface area contributed by atoms with E-state index >= 15 is 0 Å². The van der Waals surface area contributed by atoms with E-state index in [9.17, 15) is 9.59 Å². The fourth-order valence-electron chi connectivity index (χ4n) is 3.48. The van der Waals surface area contributed by atoms with Crippen molar-refractivity contribution in [2.45, 2.75) is 46.1 Å². The monoisotopic (exact) mass is 370 g/mol. The molecule has 1 saturated heterocycles. The number of rotatable bonds is 4. The van der Waals surface area contributed by atoms with Gasteiger partial charge in [0.1, 0.15) is 11.5 Å². The maximum atomic E-state index is 13.0. The van der Waals surface area contributed by atoms with Crippen molar-refractivity contribution in [1.29, 1.82) is 0 Å². The molecule has 1 aromatic heterocycles. The van der Waals surface area contributed by atoms with Crippen LogP contribution >= 0.6 is 0 Å². The zero-order valence-corrected chi connectivity index (χ0v) is 16.0. The highest BCUT2D eigenvalue weighted by molar-refractivity contribution is 5.99. The molecular formula is C20H26N4O3. The van der Waals surface area contributed by atoms with E-state index in [4.69, 9.17) is 4.52 Å². The minimum Gasteiger partial charge on any atom is -0.361 e. The van der Waals surface area contributed by atoms with Crippen molar-refractivity contribution in [3.63, 3.8) is 0 Å². The van der Waals surface area contributed by atoms with Crippen LogP contribution in [0.4, 0.5) is 10.5 Å². The maximum absolute atomic E-state index is 13.0. The first-order valence-corrected chi connectivity index (χ1v) is 9.40. The van der Waals surface area contributed by atoms with Crippen LogP contribution in [0.5, 0.6) is 0 Å². The topological polar surface area (TPSA) is 87.5 Å². The van der Waals surface area contributed by atoms with Gasteiger partial charge in [0.05, 0.1) is 6.04 Å². The summed E-state index contributed by atoms with van der Waals surface area (Å²) >= 11 is 0. The Balaban J connectivity index is 1.79. The van der Waals surface area contributed by atoms with Gasteiger partial charge in [-0.2, -0.15) is 0 Å². The summed E-state index contributed by atoms with van der Waals surface area (Å²) < 4.78 is 5.20. The minimum absolute atomic E-state index is 0.0944. The second kappa shape index (κ2) is 8.24. The van der Waals surface area contributed by atoms with Crippen LogP contribution < -0.4 is 10.6 Å². The average molecular weight is 370 g/mol. The number of aromatic nitrogens is 1. The Kier molecular flexibility index (Phi) is 5.78. The van der Waals surface area contributed by atoms with E-state index in [0.717, 1.165) is 36.3 Å². The van der Waals surface area contributed by atoms with Crippen LogP contribution in [0.15, 0.2) is 28.8 Å². The van der Waals surface area contributed by atoms with Crippen molar-refractivity contribution in [1.82, 2.24) is 15.4 Å². The Morgan fingerprint density at radius 1 is 1.30 bits per heavy atom. The number of anilines is 1. The molecule has 0 spiro atoms. The van der Waals surface area contributed by atoms with Gasteiger partial charge < -0.3 is 20.1 Å². The van der Waals surface area contributed by atoms with Crippen molar-refractivity contribution >= 4 is 17.6 Å². The van der Waals surface area contributed by atoms with Gasteiger partial charge in [-0.05, 0) is 57.7 Å². The summed E-state index contributed by atoms with van der Waals surface area (Å²) in [5.74, 6) is 0.599. The number of carbonyl (C=O) groups is 2. The van der Waals surface area contributed by atoms with Gasteiger partial charge in [0.15, 0.2) is 0 Å². The van der Waals surface area contributed by atoms with Crippen LogP contribution in [0.3, 0.4) is 0 Å². The number of nitrogens with zero attached hydrogens (tertiary/aromatic N) is 2. The fraction of sp³-hybridized carbons (Fsp3) is 0.450. The van der Waals surface area contributed by atoms with Gasteiger partial charge in [-0.25, -0.2) is 4.79 Å². The lowest BCUT2D eigenvalue weighted by Crippen LogP contribution is -2.41. The second-order valence-electron chi connectivity index (χ2n) is 6.84. The summed E-state index contributed by atoms with van der Waals surface area (Å²) in [5.41, 5.74) is 2.75. The van der Waals surface area contributed by atoms with Crippen molar-refractivity contribution < 1.29 is 14.1 Å². The van der Waals surface area contributed by atoms with Crippen LogP contribution in [0.2, 0.25) is 0 Å². The molecule has 2 aromatic rings. The molecule has 1 aliphatic rings. The SMILES string of the molecule is CCNC(=O)c1cccc(NC(=O)N2CCCCC2c2cc(C)on2)c1C. The van der Waals surface area contributed by atoms with Gasteiger partial charge in [0.25, 0.3) is 5.91 Å². The molecule has 0 bridgehead atoms. The molecule has 3 rings (SSSR count). The summed E-state index contributed by atoms with van der Waals surface area (Å²) in [6.45, 7) is 6.79. The molecule has 7 nitrogen and oxygen atoms in total. The number of nitrogens with one attached hydrogen (secondary N) is 2. The Bertz CT molecular complexity index is 830. The molecule has 1 atom stereocenters. The first-order valence-electron chi connectivity index (χ1n) is 9.40. The van der Waals surface area contributed by atoms with E-state index in [1.54, 1.807) is 17.0 Å². The Labute approximate surface area is 159 Å². The third kappa shape index (κ3) is 4.13. The highest BCUT2D eigenvalue weighted by Crippen LogP contribution is 2.31. The van der Waals surface area contributed by atoms with E-state index < -0.39 is 0 Å². The van der Waals surface area contributed by atoms with Crippen molar-refractivity contribution in [2.24, 2.45) is 0 Å². The first kappa shape index (κ1) is 18.9. The lowest BCUT2D eigenvalue weighted by molar-refractivity contribution is 0.0955. The number of urea groups is 1. The predicted molar refractivity (Wildman–Crippen MR) is 103 cm³/mol. The molecule has 7 heteroatoms. The quantitative estimate of drug-likeness (QED) is 0.857. The lowest BCUT2D eigenvalue weighted by atomic mass is 9.99. The molecule has 27 heavy (non-hydrogen) atoms. The second-order valence-corrected chi connectivity index (χ2v) is 6.84. The molecular weight excluding hydrogens is 344 g/mol. The number of benzene rings is 1. The van der Waals surface area contributed by atoms with Gasteiger partial charge >= 0.3 is 6.03 Å². The molecule has 1 aliphatic heterocycles. The standard InChI is InChI=1S/C20H26N4O3/c1-4-21-19(25)15-8-7-9-16(14(15)3)22-20(26)24-11-6-5-10-18(24)17-12-13(2)27-23-17/h7-9,12,18H,4-6,10-11H2,1-3H3,(H,21,25)(H,22,26). The highest BCUT2D eigenvalue weighted by Gasteiger charge is 2.30. The molecule has 2 N–H and O–H groups in total. The van der Waals surface area contributed by atoms with Gasteiger partial charge in [-0.1, -0.05) is 11.2 Å². The molecule has 1 fully saturated rings. The normalized spacial score (nSPS) is 16.9. The van der Waals surface area contributed by atoms with Crippen LogP contribution in [0.25, 0.3) is 0 Å². The zero-order chi connectivity index (χ0) is 19.4. The largest absolute Gasteiger partial charge is 0.361 e. The Hall–Kier alpha value is -2.83. The number of hydrogen-bond donors (Lipinski definition) is 2. The summed E-state index contributed by atoms with van der Waals surface area (Å²) in [6.07, 6.45) is 2.86. The van der Waals surface area contributed by atoms with Gasteiger partial charge in [-0.3, -0.25) is 4.79 Å². The maximum Gasteiger partial charge on any atom is 0.322 e. The predicted octanol–water partition coefficient (Wildman–Crippen LogP) is 3.80. The van der Waals surface area contributed by atoms with Crippen molar-refractivity contribution in [3.8, 4) is 0 Å². The minimum atomic E-state index is -0.184. The number of piperidine rings is 1. The van der Waals surface area contributed by atoms with Crippen LogP contribution in [-0.4, -0.2) is 35.1 Å². The molecule has 0 aliphatic carbocycles. The van der Waals surface area contributed by atoms with Crippen molar-refractivity contribution in [2.75, 3.05) is 18.4 Å². The number of carbonyl (C=O) groups excluding carboxylic acids is 2. The van der Waals surface area contributed by atoms with Crippen molar-refractivity contribution in [3.05, 3.63) is 46.8 Å². The number of amides is 3. The first-order chi connectivity index (χ1) is 13.0. The van der Waals surface area contributed by atoms with Gasteiger partial charge in [0, 0.05) is 30.4 Å². The molecule has 0 radical (unpaired) electrons. The van der Waals surface area contributed by atoms with Gasteiger partial charge in [-0.15, -0.1) is 0 Å². The van der Waals surface area contributed by atoms with Crippen LogP contribution in [0, 0.1) is 13.8 Å². The number of aryl methyl sites for hydroxylation is 1. The molecule has 2 heterocycles. The van der Waals surface area contributed by atoms with E-state index in [0.29, 0.717) is 24.3 Å². The smallest absolute Gasteiger partial charge is 0.322 e. The highest BCUT2D eigenvalue weighted by atomic mass is 16.5. The average Bonchev–Trinajstić information content (AvgIpc) is 3.10. The molecule has 1 unspecified atom stereocenters. The molecule has 144 valence electrons. The Morgan fingerprint density at radius 2 is 2.11 bits per heavy atom. The van der Waals surface area contributed by atoms with E-state index in [1.165, 1.54) is 0 Å². The lowest BCUT2D eigenvalue weighted by Gasteiger charge is -2.34. The van der Waals surface area contributed by atoms with E-state index in [2.05, 4.69) is 15.8 Å². The fourth-order valence-corrected chi connectivity index (χ4v) is 3.48. The third-order valence-electron chi connectivity index (χ3n) is 4.91. The van der Waals surface area contributed by atoms with Crippen LogP contribution in [0.1, 0.15) is 59.6 Å². The zero-order valence-electron chi connectivity index (χ0n) is 16.0. The third-order valence-corrected chi connectivity index (χ3v) is 4.91. The molecule has 0 saturated carbocycles. The summed E-state index contributed by atoms with van der Waals surface area (Å²) in [7, 11) is 0. The molecule has 1 aromatic carbocycles. The van der Waals surface area contributed by atoms with Crippen LogP contribution in [-0.2, 0) is 0 Å². The Morgan fingerprint density at radius 3 is 2.81 bits per heavy atom. The number of likely N-dealkylation sites (tertiary alicyclic amines) is 1. The summed E-state index contributed by atoms with van der Waals surface area (Å²) in [4.78, 5) is 27.0. The molecule has 3 amide bonds. The summed E-state index contributed by atoms with van der Waals surface area (Å²) in [6, 6.07) is 6.96. The van der Waals surface area contributed by atoms with E-state index in [-0.39, 0.29) is 18.0 Å². The summed E-state index contributed by atoms with van der Waals surface area (Å²) in [5, 5.41) is 9.87. The number of hydrogen-bond acceptors (Lipinski definition) is 4. The van der Waals surface area contributed by atoms with Gasteiger partial charge in [0.2, 0.25) is 0 Å². The van der Waals surface area contributed by atoms with E-state index in [1.807, 2.05) is 32.9 Å².